The van der Waals surface area contributed by atoms with E-state index in [4.69, 9.17) is 4.74 Å². The second kappa shape index (κ2) is 8.54. The molecule has 2 aromatic rings. The largest absolute Gasteiger partial charge is 0.481 e. The first-order chi connectivity index (χ1) is 16.0. The number of benzene rings is 2. The normalized spacial score (nSPS) is 22.5. The number of carboxylic acids is 1. The van der Waals surface area contributed by atoms with Crippen LogP contribution in [0.25, 0.3) is 11.1 Å². The Morgan fingerprint density at radius 3 is 2.15 bits per heavy atom. The van der Waals surface area contributed by atoms with Gasteiger partial charge in [-0.2, -0.15) is 0 Å². The van der Waals surface area contributed by atoms with Crippen molar-refractivity contribution in [1.29, 1.82) is 0 Å². The lowest BCUT2D eigenvalue weighted by Gasteiger charge is -2.30. The third-order valence-electron chi connectivity index (χ3n) is 7.27. The van der Waals surface area contributed by atoms with Gasteiger partial charge in [-0.15, -0.1) is 0 Å². The Hall–Kier alpha value is -3.35. The van der Waals surface area contributed by atoms with Crippen molar-refractivity contribution < 1.29 is 24.2 Å². The summed E-state index contributed by atoms with van der Waals surface area (Å²) < 4.78 is 5.59. The van der Waals surface area contributed by atoms with Crippen LogP contribution >= 0.6 is 0 Å². The second-order valence-corrected chi connectivity index (χ2v) is 9.34. The smallest absolute Gasteiger partial charge is 0.408 e. The monoisotopic (exact) mass is 448 g/mol. The van der Waals surface area contributed by atoms with Crippen molar-refractivity contribution in [3.8, 4) is 11.1 Å². The highest BCUT2D eigenvalue weighted by Gasteiger charge is 2.52. The number of carbonyl (C=O) groups is 3. The predicted molar refractivity (Wildman–Crippen MR) is 122 cm³/mol. The molecule has 3 aliphatic rings. The third-order valence-corrected chi connectivity index (χ3v) is 7.27. The molecule has 2 fully saturated rings. The maximum Gasteiger partial charge on any atom is 0.408 e. The van der Waals surface area contributed by atoms with Gasteiger partial charge in [-0.25, -0.2) is 4.79 Å². The Balaban J connectivity index is 1.21. The van der Waals surface area contributed by atoms with E-state index in [1.807, 2.05) is 24.3 Å². The number of alkyl carbamates (subject to hydrolysis) is 1. The minimum atomic E-state index is -0.997. The average molecular weight is 449 g/mol. The van der Waals surface area contributed by atoms with Gasteiger partial charge in [0.25, 0.3) is 0 Å². The van der Waals surface area contributed by atoms with E-state index in [1.54, 1.807) is 0 Å². The number of amides is 2. The molecular formula is C26H28N2O5. The van der Waals surface area contributed by atoms with Gasteiger partial charge in [-0.3, -0.25) is 9.59 Å². The maximum absolute atomic E-state index is 12.9. The van der Waals surface area contributed by atoms with Gasteiger partial charge in [0.05, 0.1) is 5.92 Å². The fourth-order valence-corrected chi connectivity index (χ4v) is 5.27. The minimum Gasteiger partial charge on any atom is -0.481 e. The third kappa shape index (κ3) is 4.08. The van der Waals surface area contributed by atoms with Gasteiger partial charge in [0.2, 0.25) is 5.91 Å². The fourth-order valence-electron chi connectivity index (χ4n) is 5.27. The van der Waals surface area contributed by atoms with Crippen LogP contribution in [0.3, 0.4) is 0 Å². The Morgan fingerprint density at radius 1 is 0.939 bits per heavy atom. The zero-order valence-corrected chi connectivity index (χ0v) is 18.4. The van der Waals surface area contributed by atoms with Crippen LogP contribution in [0.1, 0.15) is 55.6 Å². The Morgan fingerprint density at radius 2 is 1.55 bits per heavy atom. The molecule has 3 N–H and O–H groups in total. The number of carboxylic acid groups (broad SMARTS) is 1. The molecule has 0 radical (unpaired) electrons. The van der Waals surface area contributed by atoms with Crippen molar-refractivity contribution in [3.05, 3.63) is 59.7 Å². The van der Waals surface area contributed by atoms with Gasteiger partial charge in [0.15, 0.2) is 0 Å². The number of carbonyl (C=O) groups excluding carboxylic acids is 2. The van der Waals surface area contributed by atoms with Crippen molar-refractivity contribution in [1.82, 2.24) is 10.6 Å². The van der Waals surface area contributed by atoms with Crippen molar-refractivity contribution in [2.75, 3.05) is 6.61 Å². The van der Waals surface area contributed by atoms with E-state index in [1.165, 1.54) is 0 Å². The van der Waals surface area contributed by atoms with Crippen LogP contribution in [-0.2, 0) is 14.3 Å². The number of hydrogen-bond acceptors (Lipinski definition) is 4. The lowest BCUT2D eigenvalue weighted by atomic mass is 9.84. The highest BCUT2D eigenvalue weighted by molar-refractivity contribution is 5.93. The van der Waals surface area contributed by atoms with Crippen LogP contribution in [0.2, 0.25) is 0 Å². The minimum absolute atomic E-state index is 0.0503. The quantitative estimate of drug-likeness (QED) is 0.623. The van der Waals surface area contributed by atoms with Crippen molar-refractivity contribution >= 4 is 18.0 Å². The first-order valence-corrected chi connectivity index (χ1v) is 11.7. The summed E-state index contributed by atoms with van der Waals surface area (Å²) in [5.74, 6) is -1.82. The van der Waals surface area contributed by atoms with Crippen molar-refractivity contribution in [2.24, 2.45) is 5.92 Å². The van der Waals surface area contributed by atoms with Gasteiger partial charge in [0.1, 0.15) is 12.1 Å². The zero-order chi connectivity index (χ0) is 23.0. The standard InChI is InChI=1S/C26H28N2O5/c29-23(30)20-11-5-6-12-22(20)27-24(31)26(13-14-26)28-25(32)33-15-21-18-9-3-1-7-16(18)17-8-2-4-10-19(17)21/h1-4,7-10,20-22H,5-6,11-15H2,(H,27,31)(H,28,32)(H,29,30)/t20-,22+/m1/s1. The fraction of sp³-hybridized carbons (Fsp3) is 0.423. The molecule has 0 aromatic heterocycles. The Bertz CT molecular complexity index is 1050. The average Bonchev–Trinajstić information content (AvgIpc) is 3.53. The van der Waals surface area contributed by atoms with Gasteiger partial charge < -0.3 is 20.5 Å². The molecule has 3 aliphatic carbocycles. The first kappa shape index (κ1) is 21.5. The first-order valence-electron chi connectivity index (χ1n) is 11.7. The van der Waals surface area contributed by atoms with Gasteiger partial charge in [0, 0.05) is 12.0 Å². The van der Waals surface area contributed by atoms with Gasteiger partial charge >= 0.3 is 12.1 Å². The Kier molecular flexibility index (Phi) is 5.56. The molecule has 2 aromatic carbocycles. The number of fused-ring (bicyclic) bond motifs is 3. The van der Waals surface area contributed by atoms with E-state index in [2.05, 4.69) is 34.9 Å². The summed E-state index contributed by atoms with van der Waals surface area (Å²) in [4.78, 5) is 37.1. The van der Waals surface area contributed by atoms with Crippen LogP contribution in [-0.4, -0.2) is 41.3 Å². The summed E-state index contributed by atoms with van der Waals surface area (Å²) in [5, 5.41) is 15.1. The molecule has 0 heterocycles. The zero-order valence-electron chi connectivity index (χ0n) is 18.4. The molecule has 0 saturated heterocycles. The number of rotatable bonds is 6. The number of nitrogens with one attached hydrogen (secondary N) is 2. The van der Waals surface area contributed by atoms with E-state index in [0.717, 1.165) is 35.1 Å². The van der Waals surface area contributed by atoms with E-state index < -0.39 is 29.6 Å². The van der Waals surface area contributed by atoms with Crippen molar-refractivity contribution in [3.63, 3.8) is 0 Å². The lowest BCUT2D eigenvalue weighted by molar-refractivity contribution is -0.144. The Labute approximate surface area is 192 Å². The van der Waals surface area contributed by atoms with Crippen LogP contribution in [0.15, 0.2) is 48.5 Å². The predicted octanol–water partition coefficient (Wildman–Crippen LogP) is 3.82. The highest BCUT2D eigenvalue weighted by atomic mass is 16.5. The molecule has 172 valence electrons. The summed E-state index contributed by atoms with van der Waals surface area (Å²) in [6, 6.07) is 15.8. The molecule has 33 heavy (non-hydrogen) atoms. The molecule has 0 spiro atoms. The summed E-state index contributed by atoms with van der Waals surface area (Å²) >= 11 is 0. The highest BCUT2D eigenvalue weighted by Crippen LogP contribution is 2.44. The van der Waals surface area contributed by atoms with Crippen LogP contribution in [0.4, 0.5) is 4.79 Å². The van der Waals surface area contributed by atoms with E-state index in [9.17, 15) is 19.5 Å². The van der Waals surface area contributed by atoms with E-state index >= 15 is 0 Å². The molecule has 2 saturated carbocycles. The number of ether oxygens (including phenoxy) is 1. The molecule has 7 heteroatoms. The van der Waals surface area contributed by atoms with Gasteiger partial charge in [-0.05, 0) is 47.9 Å². The molecular weight excluding hydrogens is 420 g/mol. The number of aliphatic carboxylic acids is 1. The molecule has 0 aliphatic heterocycles. The second-order valence-electron chi connectivity index (χ2n) is 9.34. The maximum atomic E-state index is 12.9. The summed E-state index contributed by atoms with van der Waals surface area (Å²) in [5.41, 5.74) is 3.56. The van der Waals surface area contributed by atoms with Crippen LogP contribution in [0, 0.1) is 5.92 Å². The molecule has 2 amide bonds. The lowest BCUT2D eigenvalue weighted by Crippen LogP contribution is -2.54. The van der Waals surface area contributed by atoms with E-state index in [-0.39, 0.29) is 18.4 Å². The van der Waals surface area contributed by atoms with Crippen molar-refractivity contribution in [2.45, 2.75) is 56.0 Å². The molecule has 0 unspecified atom stereocenters. The molecule has 2 atom stereocenters. The summed E-state index contributed by atoms with van der Waals surface area (Å²) in [6.45, 7) is 0.182. The molecule has 7 nitrogen and oxygen atoms in total. The number of hydrogen-bond donors (Lipinski definition) is 3. The topological polar surface area (TPSA) is 105 Å². The van der Waals surface area contributed by atoms with E-state index in [0.29, 0.717) is 25.7 Å². The van der Waals surface area contributed by atoms with Crippen LogP contribution < -0.4 is 10.6 Å². The van der Waals surface area contributed by atoms with Gasteiger partial charge in [-0.1, -0.05) is 61.4 Å². The SMILES string of the molecule is O=C(NC1(C(=O)N[C@H]2CCCC[C@H]2C(=O)O)CC1)OCC1c2ccccc2-c2ccccc21. The molecule has 5 rings (SSSR count). The summed E-state index contributed by atoms with van der Waals surface area (Å²) in [6.07, 6.45) is 3.37. The molecule has 0 bridgehead atoms. The van der Waals surface area contributed by atoms with Crippen LogP contribution in [0.5, 0.6) is 0 Å². The summed E-state index contributed by atoms with van der Waals surface area (Å²) in [7, 11) is 0.